The number of ether oxygens (including phenoxy) is 6. The zero-order valence-corrected chi connectivity index (χ0v) is 21.8. The lowest BCUT2D eigenvalue weighted by Gasteiger charge is -2.59. The first-order valence-corrected chi connectivity index (χ1v) is 12.6. The molecule has 4 aliphatic heterocycles. The number of esters is 1. The van der Waals surface area contributed by atoms with Gasteiger partial charge in [-0.05, 0) is 61.8 Å². The van der Waals surface area contributed by atoms with Crippen molar-refractivity contribution < 1.29 is 43.0 Å². The van der Waals surface area contributed by atoms with Gasteiger partial charge in [-0.25, -0.2) is 14.6 Å². The Morgan fingerprint density at radius 2 is 1.72 bits per heavy atom. The van der Waals surface area contributed by atoms with Crippen molar-refractivity contribution in [2.45, 2.75) is 70.4 Å². The average molecular weight is 505 g/mol. The van der Waals surface area contributed by atoms with E-state index in [1.807, 2.05) is 13.8 Å². The van der Waals surface area contributed by atoms with Gasteiger partial charge in [0.05, 0.1) is 21.3 Å². The zero-order chi connectivity index (χ0) is 25.7. The van der Waals surface area contributed by atoms with E-state index in [1.165, 1.54) is 6.08 Å². The molecule has 5 aliphatic rings. The van der Waals surface area contributed by atoms with Crippen LogP contribution in [0.5, 0.6) is 17.2 Å². The molecule has 1 aliphatic carbocycles. The molecule has 0 unspecified atom stereocenters. The molecule has 1 aromatic rings. The van der Waals surface area contributed by atoms with Crippen LogP contribution in [0.2, 0.25) is 0 Å². The summed E-state index contributed by atoms with van der Waals surface area (Å²) in [4.78, 5) is 24.8. The number of fused-ring (bicyclic) bond motifs is 2. The summed E-state index contributed by atoms with van der Waals surface area (Å²) in [5.74, 6) is 0.793. The Kier molecular flexibility index (Phi) is 6.70. The van der Waals surface area contributed by atoms with Gasteiger partial charge >= 0.3 is 5.97 Å². The molecule has 0 aromatic heterocycles. The minimum Gasteiger partial charge on any atom is -0.493 e. The summed E-state index contributed by atoms with van der Waals surface area (Å²) in [6, 6.07) is 3.51. The minimum absolute atomic E-state index is 0.0805. The van der Waals surface area contributed by atoms with E-state index in [0.29, 0.717) is 28.7 Å². The molecule has 4 heterocycles. The first kappa shape index (κ1) is 25.3. The van der Waals surface area contributed by atoms with Crippen LogP contribution in [-0.4, -0.2) is 51.3 Å². The molecule has 2 bridgehead atoms. The van der Waals surface area contributed by atoms with Crippen molar-refractivity contribution in [2.75, 3.05) is 21.3 Å². The molecule has 0 radical (unpaired) electrons. The second-order valence-electron chi connectivity index (χ2n) is 10.5. The summed E-state index contributed by atoms with van der Waals surface area (Å²) >= 11 is 0. The van der Waals surface area contributed by atoms with Crippen molar-refractivity contribution in [3.05, 3.63) is 23.8 Å². The lowest BCUT2D eigenvalue weighted by molar-refractivity contribution is -0.576. The maximum absolute atomic E-state index is 12.9. The number of rotatable bonds is 6. The van der Waals surface area contributed by atoms with Crippen molar-refractivity contribution >= 4 is 12.0 Å². The summed E-state index contributed by atoms with van der Waals surface area (Å²) in [7, 11) is 4.63. The highest BCUT2D eigenvalue weighted by molar-refractivity contribution is 5.87. The highest BCUT2D eigenvalue weighted by atomic mass is 17.3. The quantitative estimate of drug-likeness (QED) is 0.316. The summed E-state index contributed by atoms with van der Waals surface area (Å²) < 4.78 is 34.6. The molecule has 198 valence electrons. The Bertz CT molecular complexity index is 999. The van der Waals surface area contributed by atoms with Crippen LogP contribution < -0.4 is 14.2 Å². The van der Waals surface area contributed by atoms with Gasteiger partial charge < -0.3 is 28.4 Å². The average Bonchev–Trinajstić information content (AvgIpc) is 3.10. The van der Waals surface area contributed by atoms with Gasteiger partial charge in [0.15, 0.2) is 23.4 Å². The monoisotopic (exact) mass is 504 g/mol. The summed E-state index contributed by atoms with van der Waals surface area (Å²) in [6.07, 6.45) is 5.27. The molecule has 8 atom stereocenters. The van der Waals surface area contributed by atoms with Crippen molar-refractivity contribution in [1.29, 1.82) is 0 Å². The number of carbonyl (C=O) groups excluding carboxylic acids is 1. The first-order chi connectivity index (χ1) is 17.2. The molecule has 1 spiro atoms. The molecule has 6 rings (SSSR count). The van der Waals surface area contributed by atoms with E-state index in [4.69, 9.17) is 38.2 Å². The topological polar surface area (TPSA) is 90.9 Å². The van der Waals surface area contributed by atoms with Gasteiger partial charge in [-0.2, -0.15) is 0 Å². The van der Waals surface area contributed by atoms with Crippen LogP contribution >= 0.6 is 0 Å². The van der Waals surface area contributed by atoms with E-state index >= 15 is 0 Å². The smallest absolute Gasteiger partial charge is 0.333 e. The van der Waals surface area contributed by atoms with Crippen LogP contribution in [-0.2, 0) is 28.8 Å². The van der Waals surface area contributed by atoms with Crippen LogP contribution in [0.25, 0.3) is 6.08 Å². The minimum atomic E-state index is -0.876. The standard InChI is InChI=1S/C27H36O9/c1-15-7-9-19-16(2)24(33-25-27(19)18(15)11-12-26(3,34-25)35-36-27)32-22(28)10-8-17-13-20(29-4)23(31-6)21(14-17)30-5/h8,10,13-16,18-19,24-25H,7,9,11-12H2,1-6H3/b10-8+/t15-,16+,18-,19+,24-,25-,26-,27-/m1/s1. The van der Waals surface area contributed by atoms with E-state index in [9.17, 15) is 4.79 Å². The SMILES string of the molecule is COc1cc(/C=C/C(=O)O[C@@H]2O[C@@H]3O[C@@]4(C)CC[C@@H]5[C@H](C)CC[C@@H]([C@@H]2C)[C@@]35OO4)cc(OC)c1OC. The largest absolute Gasteiger partial charge is 0.493 e. The highest BCUT2D eigenvalue weighted by Crippen LogP contribution is 2.60. The molecule has 36 heavy (non-hydrogen) atoms. The third-order valence-corrected chi connectivity index (χ3v) is 8.43. The number of carbonyl (C=O) groups is 1. The van der Waals surface area contributed by atoms with E-state index in [0.717, 1.165) is 25.7 Å². The fraction of sp³-hybridized carbons (Fsp3) is 0.667. The third kappa shape index (κ3) is 4.06. The van der Waals surface area contributed by atoms with Gasteiger partial charge in [0.25, 0.3) is 0 Å². The lowest BCUT2D eigenvalue weighted by Crippen LogP contribution is -2.70. The molecule has 1 aromatic carbocycles. The molecule has 9 heteroatoms. The maximum atomic E-state index is 12.9. The Hall–Kier alpha value is -2.33. The Labute approximate surface area is 211 Å². The van der Waals surface area contributed by atoms with Crippen LogP contribution in [0, 0.1) is 23.7 Å². The summed E-state index contributed by atoms with van der Waals surface area (Å²) in [5.41, 5.74) is 0.00666. The Morgan fingerprint density at radius 1 is 1.00 bits per heavy atom. The second-order valence-corrected chi connectivity index (χ2v) is 10.5. The van der Waals surface area contributed by atoms with Crippen LogP contribution in [0.1, 0.15) is 52.0 Å². The van der Waals surface area contributed by atoms with Gasteiger partial charge in [-0.1, -0.05) is 13.8 Å². The second kappa shape index (κ2) is 9.52. The van der Waals surface area contributed by atoms with E-state index in [-0.39, 0.29) is 17.8 Å². The first-order valence-electron chi connectivity index (χ1n) is 12.6. The predicted molar refractivity (Wildman–Crippen MR) is 128 cm³/mol. The van der Waals surface area contributed by atoms with Crippen molar-refractivity contribution in [3.8, 4) is 17.2 Å². The van der Waals surface area contributed by atoms with Gasteiger partial charge in [-0.15, -0.1) is 0 Å². The maximum Gasteiger partial charge on any atom is 0.333 e. The normalized spacial score (nSPS) is 39.3. The molecule has 0 N–H and O–H groups in total. The van der Waals surface area contributed by atoms with Gasteiger partial charge in [0, 0.05) is 24.3 Å². The van der Waals surface area contributed by atoms with Crippen LogP contribution in [0.4, 0.5) is 0 Å². The fourth-order valence-corrected chi connectivity index (χ4v) is 6.52. The van der Waals surface area contributed by atoms with Crippen molar-refractivity contribution in [1.82, 2.24) is 0 Å². The van der Waals surface area contributed by atoms with Crippen molar-refractivity contribution in [3.63, 3.8) is 0 Å². The van der Waals surface area contributed by atoms with E-state index in [2.05, 4.69) is 6.92 Å². The molecule has 1 saturated carbocycles. The van der Waals surface area contributed by atoms with Crippen LogP contribution in [0.3, 0.4) is 0 Å². The van der Waals surface area contributed by atoms with E-state index in [1.54, 1.807) is 39.5 Å². The third-order valence-electron chi connectivity index (χ3n) is 8.43. The molecule has 5 fully saturated rings. The lowest BCUT2D eigenvalue weighted by atomic mass is 9.58. The zero-order valence-electron chi connectivity index (χ0n) is 21.8. The number of methoxy groups -OCH3 is 3. The molecular formula is C27H36O9. The predicted octanol–water partition coefficient (Wildman–Crippen LogP) is 4.48. The number of hydrogen-bond donors (Lipinski definition) is 0. The molecule has 0 amide bonds. The summed E-state index contributed by atoms with van der Waals surface area (Å²) in [5, 5.41) is 0. The van der Waals surface area contributed by atoms with Gasteiger partial charge in [0.1, 0.15) is 0 Å². The Morgan fingerprint density at radius 3 is 2.39 bits per heavy atom. The van der Waals surface area contributed by atoms with Crippen molar-refractivity contribution in [2.24, 2.45) is 23.7 Å². The highest BCUT2D eigenvalue weighted by Gasteiger charge is 2.69. The molecular weight excluding hydrogens is 468 g/mol. The van der Waals surface area contributed by atoms with Crippen LogP contribution in [0.15, 0.2) is 18.2 Å². The Balaban J connectivity index is 1.34. The summed E-state index contributed by atoms with van der Waals surface area (Å²) in [6.45, 7) is 6.19. The molecule has 9 nitrogen and oxygen atoms in total. The number of benzene rings is 1. The number of hydrogen-bond acceptors (Lipinski definition) is 9. The van der Waals surface area contributed by atoms with E-state index < -0.39 is 29.9 Å². The van der Waals surface area contributed by atoms with Gasteiger partial charge in [-0.3, -0.25) is 0 Å². The fourth-order valence-electron chi connectivity index (χ4n) is 6.52. The molecule has 4 saturated heterocycles. The van der Waals surface area contributed by atoms with Gasteiger partial charge in [0.2, 0.25) is 17.8 Å².